The molecule has 1 N–H and O–H groups in total. The van der Waals surface area contributed by atoms with Crippen molar-refractivity contribution in [2.45, 2.75) is 45.1 Å². The van der Waals surface area contributed by atoms with Gasteiger partial charge in [-0.05, 0) is 79.5 Å². The van der Waals surface area contributed by atoms with Gasteiger partial charge in [0.1, 0.15) is 11.5 Å². The Bertz CT molecular complexity index is 936. The highest BCUT2D eigenvalue weighted by molar-refractivity contribution is 5.79. The number of aromatic hydroxyl groups is 1. The molecule has 32 heavy (non-hydrogen) atoms. The standard InChI is InChI=1S/C27H34N2O3/c30-25-9-6-20(7-10-25)16-28-17-21(14-24(18-28)27(31)29-12-1-2-13-29)19-32-26-11-8-22-4-3-5-23(22)15-26/h6-11,15,21,24,30H,1-5,12-14,16-19H2/t21-,24+/m0/s1. The Hall–Kier alpha value is -2.53. The van der Waals surface area contributed by atoms with Gasteiger partial charge in [0.15, 0.2) is 0 Å². The van der Waals surface area contributed by atoms with Crippen LogP contribution in [0.2, 0.25) is 0 Å². The highest BCUT2D eigenvalue weighted by Crippen LogP contribution is 2.29. The molecule has 0 unspecified atom stereocenters. The number of phenols is 1. The van der Waals surface area contributed by atoms with Crippen molar-refractivity contribution in [1.82, 2.24) is 9.80 Å². The van der Waals surface area contributed by atoms with Crippen molar-refractivity contribution in [1.29, 1.82) is 0 Å². The second-order valence-electron chi connectivity index (χ2n) is 9.79. The number of piperidine rings is 1. The number of carbonyl (C=O) groups excluding carboxylic acids is 1. The molecule has 0 radical (unpaired) electrons. The average molecular weight is 435 g/mol. The molecule has 5 heteroatoms. The first-order valence-corrected chi connectivity index (χ1v) is 12.2. The summed E-state index contributed by atoms with van der Waals surface area (Å²) in [5.74, 6) is 1.93. The van der Waals surface area contributed by atoms with Crippen LogP contribution in [0, 0.1) is 11.8 Å². The normalized spacial score (nSPS) is 23.3. The van der Waals surface area contributed by atoms with E-state index in [1.165, 1.54) is 24.0 Å². The van der Waals surface area contributed by atoms with Crippen LogP contribution in [0.15, 0.2) is 42.5 Å². The fourth-order valence-electron chi connectivity index (χ4n) is 5.64. The average Bonchev–Trinajstić information content (AvgIpc) is 3.50. The van der Waals surface area contributed by atoms with Gasteiger partial charge >= 0.3 is 0 Å². The third-order valence-electron chi connectivity index (χ3n) is 7.28. The molecule has 0 aromatic heterocycles. The van der Waals surface area contributed by atoms with Crippen molar-refractivity contribution in [3.63, 3.8) is 0 Å². The summed E-state index contributed by atoms with van der Waals surface area (Å²) in [6, 6.07) is 13.9. The zero-order valence-electron chi connectivity index (χ0n) is 18.8. The maximum absolute atomic E-state index is 13.2. The number of amides is 1. The van der Waals surface area contributed by atoms with Crippen LogP contribution >= 0.6 is 0 Å². The van der Waals surface area contributed by atoms with Gasteiger partial charge in [0.05, 0.1) is 12.5 Å². The second-order valence-corrected chi connectivity index (χ2v) is 9.79. The molecule has 0 bridgehead atoms. The number of aryl methyl sites for hydroxylation is 2. The summed E-state index contributed by atoms with van der Waals surface area (Å²) in [4.78, 5) is 17.7. The first kappa shape index (κ1) is 21.3. The van der Waals surface area contributed by atoms with Gasteiger partial charge in [0.25, 0.3) is 0 Å². The number of fused-ring (bicyclic) bond motifs is 1. The number of ether oxygens (including phenoxy) is 1. The Balaban J connectivity index is 1.26. The van der Waals surface area contributed by atoms with Gasteiger partial charge in [-0.3, -0.25) is 9.69 Å². The SMILES string of the molecule is O=C([C@@H]1C[C@H](COc2ccc3c(c2)CCC3)CN(Cc2ccc(O)cc2)C1)N1CCCC1. The van der Waals surface area contributed by atoms with Gasteiger partial charge in [0.2, 0.25) is 5.91 Å². The van der Waals surface area contributed by atoms with Crippen molar-refractivity contribution in [3.8, 4) is 11.5 Å². The van der Waals surface area contributed by atoms with E-state index in [1.807, 2.05) is 12.1 Å². The third-order valence-corrected chi connectivity index (χ3v) is 7.28. The molecule has 2 saturated heterocycles. The van der Waals surface area contributed by atoms with Crippen molar-refractivity contribution in [2.24, 2.45) is 11.8 Å². The summed E-state index contributed by atoms with van der Waals surface area (Å²) >= 11 is 0. The summed E-state index contributed by atoms with van der Waals surface area (Å²) in [5.41, 5.74) is 4.06. The number of hydrogen-bond acceptors (Lipinski definition) is 4. The molecule has 2 aromatic rings. The van der Waals surface area contributed by atoms with E-state index in [9.17, 15) is 9.90 Å². The maximum Gasteiger partial charge on any atom is 0.226 e. The molecule has 0 saturated carbocycles. The Labute approximate surface area is 191 Å². The predicted molar refractivity (Wildman–Crippen MR) is 125 cm³/mol. The molecule has 0 spiro atoms. The smallest absolute Gasteiger partial charge is 0.226 e. The van der Waals surface area contributed by atoms with Crippen LogP contribution in [-0.2, 0) is 24.2 Å². The van der Waals surface area contributed by atoms with E-state index in [-0.39, 0.29) is 11.7 Å². The Morgan fingerprint density at radius 1 is 0.969 bits per heavy atom. The first-order valence-electron chi connectivity index (χ1n) is 12.2. The fourth-order valence-corrected chi connectivity index (χ4v) is 5.64. The maximum atomic E-state index is 13.2. The van der Waals surface area contributed by atoms with Crippen LogP contribution in [-0.4, -0.2) is 53.6 Å². The van der Waals surface area contributed by atoms with Gasteiger partial charge in [-0.1, -0.05) is 18.2 Å². The molecule has 2 aromatic carbocycles. The predicted octanol–water partition coefficient (Wildman–Crippen LogP) is 4.02. The quantitative estimate of drug-likeness (QED) is 0.746. The van der Waals surface area contributed by atoms with Crippen LogP contribution < -0.4 is 4.74 Å². The molecule has 1 aliphatic carbocycles. The number of hydrogen-bond donors (Lipinski definition) is 1. The number of nitrogens with zero attached hydrogens (tertiary/aromatic N) is 2. The van der Waals surface area contributed by atoms with E-state index < -0.39 is 0 Å². The molecular formula is C27H34N2O3. The van der Waals surface area contributed by atoms with E-state index in [4.69, 9.17) is 4.74 Å². The topological polar surface area (TPSA) is 53.0 Å². The number of carbonyl (C=O) groups is 1. The molecule has 1 amide bonds. The van der Waals surface area contributed by atoms with E-state index in [0.29, 0.717) is 18.4 Å². The number of likely N-dealkylation sites (tertiary alicyclic amines) is 2. The Morgan fingerprint density at radius 2 is 1.75 bits per heavy atom. The van der Waals surface area contributed by atoms with Crippen LogP contribution in [0.4, 0.5) is 0 Å². The van der Waals surface area contributed by atoms with Crippen molar-refractivity contribution >= 4 is 5.91 Å². The highest BCUT2D eigenvalue weighted by atomic mass is 16.5. The van der Waals surface area contributed by atoms with E-state index in [2.05, 4.69) is 28.0 Å². The van der Waals surface area contributed by atoms with Crippen LogP contribution in [0.25, 0.3) is 0 Å². The van der Waals surface area contributed by atoms with Crippen LogP contribution in [0.3, 0.4) is 0 Å². The Morgan fingerprint density at radius 3 is 2.56 bits per heavy atom. The van der Waals surface area contributed by atoms with Crippen LogP contribution in [0.1, 0.15) is 42.4 Å². The molecule has 2 fully saturated rings. The molecule has 2 atom stereocenters. The largest absolute Gasteiger partial charge is 0.508 e. The second kappa shape index (κ2) is 9.53. The summed E-state index contributed by atoms with van der Waals surface area (Å²) in [6.07, 6.45) is 6.73. The fraction of sp³-hybridized carbons (Fsp3) is 0.519. The summed E-state index contributed by atoms with van der Waals surface area (Å²) in [6.45, 7) is 4.97. The first-order chi connectivity index (χ1) is 15.6. The molecule has 2 heterocycles. The monoisotopic (exact) mass is 434 g/mol. The minimum atomic E-state index is 0.0348. The lowest BCUT2D eigenvalue weighted by Crippen LogP contribution is -2.48. The summed E-state index contributed by atoms with van der Waals surface area (Å²) < 4.78 is 6.25. The molecule has 2 aliphatic heterocycles. The van der Waals surface area contributed by atoms with Gasteiger partial charge in [-0.15, -0.1) is 0 Å². The Kier molecular flexibility index (Phi) is 6.35. The van der Waals surface area contributed by atoms with Crippen LogP contribution in [0.5, 0.6) is 11.5 Å². The zero-order valence-corrected chi connectivity index (χ0v) is 18.8. The third kappa shape index (κ3) is 4.93. The number of phenolic OH excluding ortho intramolecular Hbond substituents is 1. The van der Waals surface area contributed by atoms with Gasteiger partial charge in [-0.25, -0.2) is 0 Å². The minimum absolute atomic E-state index is 0.0348. The van der Waals surface area contributed by atoms with Gasteiger partial charge < -0.3 is 14.7 Å². The number of rotatable bonds is 6. The molecule has 170 valence electrons. The summed E-state index contributed by atoms with van der Waals surface area (Å²) in [7, 11) is 0. The zero-order chi connectivity index (χ0) is 21.9. The molecule has 5 nitrogen and oxygen atoms in total. The lowest BCUT2D eigenvalue weighted by molar-refractivity contribution is -0.137. The van der Waals surface area contributed by atoms with E-state index in [0.717, 1.165) is 69.7 Å². The van der Waals surface area contributed by atoms with Crippen molar-refractivity contribution in [3.05, 3.63) is 59.2 Å². The van der Waals surface area contributed by atoms with Crippen molar-refractivity contribution in [2.75, 3.05) is 32.8 Å². The van der Waals surface area contributed by atoms with Gasteiger partial charge in [-0.2, -0.15) is 0 Å². The van der Waals surface area contributed by atoms with E-state index >= 15 is 0 Å². The molecule has 3 aliphatic rings. The molecular weight excluding hydrogens is 400 g/mol. The molecule has 5 rings (SSSR count). The van der Waals surface area contributed by atoms with Crippen molar-refractivity contribution < 1.29 is 14.6 Å². The lowest BCUT2D eigenvalue weighted by atomic mass is 9.88. The minimum Gasteiger partial charge on any atom is -0.508 e. The summed E-state index contributed by atoms with van der Waals surface area (Å²) in [5, 5.41) is 9.60. The van der Waals surface area contributed by atoms with E-state index in [1.54, 1.807) is 12.1 Å². The number of benzene rings is 2. The highest BCUT2D eigenvalue weighted by Gasteiger charge is 2.35. The van der Waals surface area contributed by atoms with Gasteiger partial charge in [0, 0.05) is 38.6 Å². The lowest BCUT2D eigenvalue weighted by Gasteiger charge is -2.38.